The van der Waals surface area contributed by atoms with Gasteiger partial charge in [0.1, 0.15) is 0 Å². The number of hydrogen-bond acceptors (Lipinski definition) is 2. The molecule has 1 saturated heterocycles. The van der Waals surface area contributed by atoms with Crippen molar-refractivity contribution in [3.63, 3.8) is 0 Å². The summed E-state index contributed by atoms with van der Waals surface area (Å²) in [5, 5.41) is 0. The summed E-state index contributed by atoms with van der Waals surface area (Å²) < 4.78 is 6.42. The highest BCUT2D eigenvalue weighted by Crippen LogP contribution is 2.42. The van der Waals surface area contributed by atoms with Gasteiger partial charge in [0.2, 0.25) is 0 Å². The molecule has 3 unspecified atom stereocenters. The molecule has 0 spiro atoms. The Hall–Kier alpha value is -2.13. The molecule has 3 aromatic carbocycles. The minimum absolute atomic E-state index is 0. The second-order valence-corrected chi connectivity index (χ2v) is 9.65. The zero-order chi connectivity index (χ0) is 21.6. The Morgan fingerprint density at radius 3 is 1.91 bits per heavy atom. The smallest absolute Gasteiger partial charge is 0.0720 e. The third-order valence-corrected chi connectivity index (χ3v) is 7.56. The summed E-state index contributed by atoms with van der Waals surface area (Å²) in [5.41, 5.74) is 4.28. The van der Waals surface area contributed by atoms with E-state index in [1.54, 1.807) is 0 Å². The third-order valence-electron chi connectivity index (χ3n) is 7.56. The Kier molecular flexibility index (Phi) is 8.61. The number of benzene rings is 3. The van der Waals surface area contributed by atoms with Gasteiger partial charge in [-0.3, -0.25) is 0 Å². The van der Waals surface area contributed by atoms with Gasteiger partial charge in [0.05, 0.1) is 12.7 Å². The number of halogens is 1. The van der Waals surface area contributed by atoms with Gasteiger partial charge in [0.25, 0.3) is 0 Å². The predicted molar refractivity (Wildman–Crippen MR) is 139 cm³/mol. The summed E-state index contributed by atoms with van der Waals surface area (Å²) in [6, 6.07) is 32.8. The fourth-order valence-corrected chi connectivity index (χ4v) is 5.81. The van der Waals surface area contributed by atoms with Gasteiger partial charge >= 0.3 is 0 Å². The standard InChI is InChI=1S/C30H35NO.ClH/c1-4-10-24(11-5-1)23-32-29-20-28(30(21-29)27-14-8-3-9-15-27)22-31-18-16-26(17-19-31)25-12-6-2-7-13-25;/h1-15,26,28-30H,16-23H2;1H. The lowest BCUT2D eigenvalue weighted by molar-refractivity contribution is 0.0408. The number of rotatable bonds is 7. The number of nitrogens with zero attached hydrogens (tertiary/aromatic N) is 1. The zero-order valence-corrected chi connectivity index (χ0v) is 20.2. The highest BCUT2D eigenvalue weighted by Gasteiger charge is 2.37. The van der Waals surface area contributed by atoms with E-state index in [0.717, 1.165) is 18.9 Å². The van der Waals surface area contributed by atoms with Crippen LogP contribution in [0.3, 0.4) is 0 Å². The molecule has 0 N–H and O–H groups in total. The summed E-state index contributed by atoms with van der Waals surface area (Å²) in [5.74, 6) is 2.00. The molecule has 3 atom stereocenters. The summed E-state index contributed by atoms with van der Waals surface area (Å²) in [7, 11) is 0. The van der Waals surface area contributed by atoms with Crippen LogP contribution in [-0.2, 0) is 11.3 Å². The summed E-state index contributed by atoms with van der Waals surface area (Å²) in [6.07, 6.45) is 5.22. The third kappa shape index (κ3) is 6.26. The van der Waals surface area contributed by atoms with Crippen molar-refractivity contribution < 1.29 is 4.74 Å². The van der Waals surface area contributed by atoms with Crippen molar-refractivity contribution in [2.75, 3.05) is 19.6 Å². The van der Waals surface area contributed by atoms with E-state index in [-0.39, 0.29) is 12.4 Å². The van der Waals surface area contributed by atoms with Crippen molar-refractivity contribution in [2.24, 2.45) is 5.92 Å². The fourth-order valence-electron chi connectivity index (χ4n) is 5.81. The number of hydrogen-bond donors (Lipinski definition) is 0. The van der Waals surface area contributed by atoms with Crippen molar-refractivity contribution in [1.82, 2.24) is 4.90 Å². The topological polar surface area (TPSA) is 12.5 Å². The molecule has 0 radical (unpaired) electrons. The average Bonchev–Trinajstić information content (AvgIpc) is 3.27. The monoisotopic (exact) mass is 461 g/mol. The maximum atomic E-state index is 6.42. The second-order valence-electron chi connectivity index (χ2n) is 9.65. The van der Waals surface area contributed by atoms with Gasteiger partial charge in [-0.05, 0) is 73.2 Å². The molecule has 5 rings (SSSR count). The lowest BCUT2D eigenvalue weighted by atomic mass is 9.86. The lowest BCUT2D eigenvalue weighted by Gasteiger charge is -2.35. The van der Waals surface area contributed by atoms with Crippen LogP contribution < -0.4 is 0 Å². The van der Waals surface area contributed by atoms with Gasteiger partial charge in [-0.1, -0.05) is 91.0 Å². The molecule has 2 aliphatic rings. The van der Waals surface area contributed by atoms with Crippen LogP contribution >= 0.6 is 12.4 Å². The normalized spacial score (nSPS) is 23.8. The molecule has 0 amide bonds. The molecule has 1 heterocycles. The van der Waals surface area contributed by atoms with E-state index in [4.69, 9.17) is 4.74 Å². The van der Waals surface area contributed by atoms with Crippen molar-refractivity contribution in [2.45, 2.75) is 50.2 Å². The van der Waals surface area contributed by atoms with E-state index in [9.17, 15) is 0 Å². The SMILES string of the molecule is Cl.c1ccc(COC2CC(CN3CCC(c4ccccc4)CC3)C(c3ccccc3)C2)cc1. The average molecular weight is 462 g/mol. The van der Waals surface area contributed by atoms with Crippen LogP contribution in [0.2, 0.25) is 0 Å². The number of ether oxygens (including phenoxy) is 1. The molecule has 1 aliphatic carbocycles. The van der Waals surface area contributed by atoms with Crippen LogP contribution in [-0.4, -0.2) is 30.6 Å². The molecule has 0 aromatic heterocycles. The quantitative estimate of drug-likeness (QED) is 0.373. The Morgan fingerprint density at radius 2 is 1.27 bits per heavy atom. The molecule has 2 nitrogen and oxygen atoms in total. The maximum absolute atomic E-state index is 6.42. The molecule has 174 valence electrons. The van der Waals surface area contributed by atoms with Crippen molar-refractivity contribution in [3.8, 4) is 0 Å². The Morgan fingerprint density at radius 1 is 0.697 bits per heavy atom. The van der Waals surface area contributed by atoms with Gasteiger partial charge in [0.15, 0.2) is 0 Å². The molecule has 33 heavy (non-hydrogen) atoms. The van der Waals surface area contributed by atoms with Crippen molar-refractivity contribution in [1.29, 1.82) is 0 Å². The zero-order valence-electron chi connectivity index (χ0n) is 19.4. The largest absolute Gasteiger partial charge is 0.374 e. The maximum Gasteiger partial charge on any atom is 0.0720 e. The first-order valence-electron chi connectivity index (χ1n) is 12.3. The van der Waals surface area contributed by atoms with Crippen LogP contribution in [0.5, 0.6) is 0 Å². The minimum Gasteiger partial charge on any atom is -0.374 e. The van der Waals surface area contributed by atoms with Crippen LogP contribution in [0.4, 0.5) is 0 Å². The van der Waals surface area contributed by atoms with E-state index in [0.29, 0.717) is 17.9 Å². The van der Waals surface area contributed by atoms with E-state index in [2.05, 4.69) is 95.9 Å². The molecule has 1 aliphatic heterocycles. The minimum atomic E-state index is 0. The second kappa shape index (κ2) is 11.8. The molecule has 0 bridgehead atoms. The van der Waals surface area contributed by atoms with Crippen molar-refractivity contribution in [3.05, 3.63) is 108 Å². The molecule has 3 aromatic rings. The summed E-state index contributed by atoms with van der Waals surface area (Å²) in [6.45, 7) is 4.36. The Bertz CT molecular complexity index is 941. The highest BCUT2D eigenvalue weighted by atomic mass is 35.5. The molecule has 2 fully saturated rings. The van der Waals surface area contributed by atoms with E-state index in [1.165, 1.54) is 55.6 Å². The van der Waals surface area contributed by atoms with E-state index < -0.39 is 0 Å². The van der Waals surface area contributed by atoms with Crippen molar-refractivity contribution >= 4 is 12.4 Å². The van der Waals surface area contributed by atoms with E-state index >= 15 is 0 Å². The van der Waals surface area contributed by atoms with Crippen LogP contribution in [0, 0.1) is 5.92 Å². The van der Waals surface area contributed by atoms with Gasteiger partial charge in [-0.15, -0.1) is 12.4 Å². The highest BCUT2D eigenvalue weighted by molar-refractivity contribution is 5.85. The number of likely N-dealkylation sites (tertiary alicyclic amines) is 1. The van der Waals surface area contributed by atoms with Crippen LogP contribution in [0.25, 0.3) is 0 Å². The Labute approximate surface area is 205 Å². The molecular weight excluding hydrogens is 426 g/mol. The first-order chi connectivity index (χ1) is 15.8. The molecular formula is C30H36ClNO. The first kappa shape index (κ1) is 24.0. The summed E-state index contributed by atoms with van der Waals surface area (Å²) >= 11 is 0. The van der Waals surface area contributed by atoms with Crippen LogP contribution in [0.1, 0.15) is 54.2 Å². The number of piperidine rings is 1. The molecule has 3 heteroatoms. The van der Waals surface area contributed by atoms with Crippen LogP contribution in [0.15, 0.2) is 91.0 Å². The first-order valence-corrected chi connectivity index (χ1v) is 12.3. The predicted octanol–water partition coefficient (Wildman–Crippen LogP) is 7.07. The van der Waals surface area contributed by atoms with Gasteiger partial charge < -0.3 is 9.64 Å². The lowest BCUT2D eigenvalue weighted by Crippen LogP contribution is -2.37. The van der Waals surface area contributed by atoms with Gasteiger partial charge in [-0.2, -0.15) is 0 Å². The van der Waals surface area contributed by atoms with E-state index in [1.807, 2.05) is 0 Å². The Balaban J connectivity index is 0.00000259. The fraction of sp³-hybridized carbons (Fsp3) is 0.400. The molecule has 1 saturated carbocycles. The van der Waals surface area contributed by atoms with Gasteiger partial charge in [0, 0.05) is 6.54 Å². The summed E-state index contributed by atoms with van der Waals surface area (Å²) in [4.78, 5) is 2.72. The van der Waals surface area contributed by atoms with Gasteiger partial charge in [-0.25, -0.2) is 0 Å².